The van der Waals surface area contributed by atoms with Gasteiger partial charge in [0.05, 0.1) is 18.8 Å². The summed E-state index contributed by atoms with van der Waals surface area (Å²) in [6.07, 6.45) is 3.23. The van der Waals surface area contributed by atoms with E-state index in [9.17, 15) is 9.90 Å². The maximum atomic E-state index is 12.1. The molecule has 0 bridgehead atoms. The average Bonchev–Trinajstić information content (AvgIpc) is 3.32. The third-order valence-corrected chi connectivity index (χ3v) is 7.20. The van der Waals surface area contributed by atoms with Crippen LogP contribution in [0.2, 0.25) is 5.02 Å². The van der Waals surface area contributed by atoms with Crippen molar-refractivity contribution >= 4 is 17.6 Å². The minimum atomic E-state index is -0.416. The van der Waals surface area contributed by atoms with E-state index in [0.717, 1.165) is 47.8 Å². The highest BCUT2D eigenvalue weighted by molar-refractivity contribution is 6.31. The molecule has 0 unspecified atom stereocenters. The van der Waals surface area contributed by atoms with E-state index in [1.54, 1.807) is 6.07 Å². The van der Waals surface area contributed by atoms with Gasteiger partial charge in [0.1, 0.15) is 11.5 Å². The van der Waals surface area contributed by atoms with E-state index in [2.05, 4.69) is 0 Å². The molecule has 4 rings (SSSR count). The minimum absolute atomic E-state index is 0.134. The van der Waals surface area contributed by atoms with Gasteiger partial charge < -0.3 is 19.0 Å². The molecule has 0 spiro atoms. The molecule has 0 saturated heterocycles. The quantitative estimate of drug-likeness (QED) is 0.570. The van der Waals surface area contributed by atoms with Gasteiger partial charge in [0.2, 0.25) is 5.76 Å². The Morgan fingerprint density at radius 1 is 1.23 bits per heavy atom. The van der Waals surface area contributed by atoms with E-state index in [1.165, 1.54) is 0 Å². The Morgan fingerprint density at radius 2 is 2.03 bits per heavy atom. The Kier molecular flexibility index (Phi) is 6.63. The first-order chi connectivity index (χ1) is 14.8. The third-order valence-electron chi connectivity index (χ3n) is 6.77. The monoisotopic (exact) mass is 446 g/mol. The zero-order valence-corrected chi connectivity index (χ0v) is 19.1. The third kappa shape index (κ3) is 4.93. The molecule has 1 N–H and O–H groups in total. The molecule has 2 fully saturated rings. The first-order valence-electron chi connectivity index (χ1n) is 11.2. The van der Waals surface area contributed by atoms with Crippen molar-refractivity contribution in [3.63, 3.8) is 0 Å². The fourth-order valence-electron chi connectivity index (χ4n) is 5.24. The number of benzene rings is 1. The smallest absolute Gasteiger partial charge is 0.374 e. The van der Waals surface area contributed by atoms with E-state index >= 15 is 0 Å². The predicted octanol–water partition coefficient (Wildman–Crippen LogP) is 5.77. The molecule has 0 aliphatic heterocycles. The van der Waals surface area contributed by atoms with Crippen LogP contribution in [-0.4, -0.2) is 29.9 Å². The summed E-state index contributed by atoms with van der Waals surface area (Å²) in [5.41, 5.74) is 0.986. The largest absolute Gasteiger partial charge is 0.493 e. The Hall–Kier alpha value is -1.98. The lowest BCUT2D eigenvalue weighted by molar-refractivity contribution is 0.0337. The normalized spacial score (nSPS) is 27.9. The fourth-order valence-corrected chi connectivity index (χ4v) is 5.36. The molecule has 0 radical (unpaired) electrons. The molecule has 6 heteroatoms. The van der Waals surface area contributed by atoms with Crippen LogP contribution in [-0.2, 0) is 4.74 Å². The Morgan fingerprint density at radius 3 is 2.77 bits per heavy atom. The summed E-state index contributed by atoms with van der Waals surface area (Å²) in [4.78, 5) is 12.1. The first-order valence-corrected chi connectivity index (χ1v) is 11.6. The molecule has 1 aromatic carbocycles. The number of aliphatic hydroxyl groups excluding tert-OH is 1. The van der Waals surface area contributed by atoms with Crippen LogP contribution in [0, 0.1) is 24.7 Å². The second-order valence-electron chi connectivity index (χ2n) is 9.28. The highest BCUT2D eigenvalue weighted by Gasteiger charge is 2.46. The summed E-state index contributed by atoms with van der Waals surface area (Å²) in [6, 6.07) is 9.28. The summed E-state index contributed by atoms with van der Waals surface area (Å²) in [7, 11) is 0. The standard InChI is InChI=1S/C25H31ClO5/c1-14(2)30-25(28)24-9-8-23(31-24)16-4-6-19-17(11-16)12-22(27)20(19)13-29-18-5-7-21(26)15(3)10-18/h5,7-10,14,16-17,19-20,22,27H,4,6,11-13H2,1-3H3/t16-,17-,19-,20+,22+/m0/s1. The van der Waals surface area contributed by atoms with E-state index < -0.39 is 5.97 Å². The van der Waals surface area contributed by atoms with Gasteiger partial charge in [-0.25, -0.2) is 4.79 Å². The number of carbonyl (C=O) groups excluding carboxylic acids is 1. The predicted molar refractivity (Wildman–Crippen MR) is 119 cm³/mol. The lowest BCUT2D eigenvalue weighted by atomic mass is 9.73. The van der Waals surface area contributed by atoms with Crippen molar-refractivity contribution in [3.8, 4) is 5.75 Å². The number of aryl methyl sites for hydroxylation is 1. The van der Waals surface area contributed by atoms with Gasteiger partial charge in [0.25, 0.3) is 0 Å². The molecule has 2 aliphatic rings. The molecule has 31 heavy (non-hydrogen) atoms. The molecule has 2 saturated carbocycles. The summed E-state index contributed by atoms with van der Waals surface area (Å²) in [5, 5.41) is 11.5. The SMILES string of the molecule is Cc1cc(OC[C@@H]2[C@H]3CC[C@H](c4ccc(C(=O)OC(C)C)o4)C[C@H]3C[C@H]2O)ccc1Cl. The number of hydrogen-bond acceptors (Lipinski definition) is 5. The second kappa shape index (κ2) is 9.25. The number of esters is 1. The molecule has 0 amide bonds. The maximum absolute atomic E-state index is 12.1. The van der Waals surface area contributed by atoms with Crippen LogP contribution < -0.4 is 4.74 Å². The fraction of sp³-hybridized carbons (Fsp3) is 0.560. The number of fused-ring (bicyclic) bond motifs is 1. The van der Waals surface area contributed by atoms with Gasteiger partial charge >= 0.3 is 5.97 Å². The lowest BCUT2D eigenvalue weighted by Gasteiger charge is -2.33. The lowest BCUT2D eigenvalue weighted by Crippen LogP contribution is -2.29. The number of aliphatic hydroxyl groups is 1. The summed E-state index contributed by atoms with van der Waals surface area (Å²) < 4.78 is 17.1. The van der Waals surface area contributed by atoms with Crippen molar-refractivity contribution in [3.05, 3.63) is 52.4 Å². The first kappa shape index (κ1) is 22.2. The van der Waals surface area contributed by atoms with E-state index in [-0.39, 0.29) is 29.8 Å². The van der Waals surface area contributed by atoms with E-state index in [4.69, 9.17) is 25.5 Å². The van der Waals surface area contributed by atoms with E-state index in [1.807, 2.05) is 45.0 Å². The summed E-state index contributed by atoms with van der Waals surface area (Å²) >= 11 is 6.10. The molecule has 168 valence electrons. The molecule has 5 nitrogen and oxygen atoms in total. The highest BCUT2D eigenvalue weighted by Crippen LogP contribution is 2.50. The maximum Gasteiger partial charge on any atom is 0.374 e. The van der Waals surface area contributed by atoms with Gasteiger partial charge in [-0.1, -0.05) is 11.6 Å². The second-order valence-corrected chi connectivity index (χ2v) is 9.69. The molecule has 1 aromatic heterocycles. The van der Waals surface area contributed by atoms with Crippen LogP contribution in [0.3, 0.4) is 0 Å². The molecule has 5 atom stereocenters. The van der Waals surface area contributed by atoms with Gasteiger partial charge in [0, 0.05) is 16.9 Å². The highest BCUT2D eigenvalue weighted by atomic mass is 35.5. The van der Waals surface area contributed by atoms with Gasteiger partial charge in [-0.15, -0.1) is 0 Å². The molecule has 2 aliphatic carbocycles. The molecule has 1 heterocycles. The molecule has 2 aromatic rings. The van der Waals surface area contributed by atoms with Gasteiger partial charge in [-0.3, -0.25) is 0 Å². The van der Waals surface area contributed by atoms with Crippen molar-refractivity contribution in [2.75, 3.05) is 6.61 Å². The van der Waals surface area contributed by atoms with Crippen molar-refractivity contribution in [2.45, 2.75) is 64.6 Å². The zero-order valence-electron chi connectivity index (χ0n) is 18.3. The van der Waals surface area contributed by atoms with Crippen LogP contribution in [0.4, 0.5) is 0 Å². The van der Waals surface area contributed by atoms with Crippen LogP contribution in [0.15, 0.2) is 34.7 Å². The van der Waals surface area contributed by atoms with Crippen LogP contribution in [0.5, 0.6) is 5.75 Å². The number of hydrogen-bond donors (Lipinski definition) is 1. The van der Waals surface area contributed by atoms with Crippen molar-refractivity contribution in [2.24, 2.45) is 17.8 Å². The zero-order chi connectivity index (χ0) is 22.1. The number of rotatable bonds is 6. The van der Waals surface area contributed by atoms with Crippen molar-refractivity contribution in [1.29, 1.82) is 0 Å². The van der Waals surface area contributed by atoms with Crippen LogP contribution in [0.1, 0.15) is 67.3 Å². The van der Waals surface area contributed by atoms with Crippen molar-refractivity contribution < 1.29 is 23.8 Å². The molecular formula is C25H31ClO5. The molecular weight excluding hydrogens is 416 g/mol. The van der Waals surface area contributed by atoms with Crippen molar-refractivity contribution in [1.82, 2.24) is 0 Å². The number of halogens is 1. The minimum Gasteiger partial charge on any atom is -0.493 e. The number of furan rings is 1. The van der Waals surface area contributed by atoms with Gasteiger partial charge in [-0.05, 0) is 94.2 Å². The number of carbonyl (C=O) groups is 1. The Labute approximate surface area is 188 Å². The summed E-state index contributed by atoms with van der Waals surface area (Å²) in [6.45, 7) is 6.12. The van der Waals surface area contributed by atoms with Gasteiger partial charge in [0.15, 0.2) is 0 Å². The topological polar surface area (TPSA) is 68.9 Å². The van der Waals surface area contributed by atoms with E-state index in [0.29, 0.717) is 18.4 Å². The summed E-state index contributed by atoms with van der Waals surface area (Å²) in [5.74, 6) is 2.78. The Bertz CT molecular complexity index is 920. The van der Waals surface area contributed by atoms with Crippen LogP contribution in [0.25, 0.3) is 0 Å². The number of ether oxygens (including phenoxy) is 2. The van der Waals surface area contributed by atoms with Gasteiger partial charge in [-0.2, -0.15) is 0 Å². The van der Waals surface area contributed by atoms with Crippen LogP contribution >= 0.6 is 11.6 Å². The Balaban J connectivity index is 1.36. The average molecular weight is 447 g/mol.